The van der Waals surface area contributed by atoms with Crippen LogP contribution in [0.1, 0.15) is 125 Å². The molecule has 0 bridgehead atoms. The number of furan rings is 2. The molecular formula is C54H64Cl2O2SiZr. The van der Waals surface area contributed by atoms with E-state index in [1.165, 1.54) is 100 Å². The molecule has 0 saturated heterocycles. The van der Waals surface area contributed by atoms with Gasteiger partial charge in [0.15, 0.2) is 0 Å². The third-order valence-electron chi connectivity index (χ3n) is 13.9. The summed E-state index contributed by atoms with van der Waals surface area (Å²) in [5.41, 5.74) is 24.9. The molecule has 2 atom stereocenters. The summed E-state index contributed by atoms with van der Waals surface area (Å²) < 4.78 is 19.3. The van der Waals surface area contributed by atoms with Crippen LogP contribution in [0.2, 0.25) is 9.26 Å². The van der Waals surface area contributed by atoms with E-state index >= 15 is 0 Å². The first-order chi connectivity index (χ1) is 27.5. The molecule has 0 radical (unpaired) electrons. The van der Waals surface area contributed by atoms with E-state index in [1.54, 1.807) is 0 Å². The van der Waals surface area contributed by atoms with Crippen LogP contribution in [0, 0.1) is 41.5 Å². The van der Waals surface area contributed by atoms with Crippen molar-refractivity contribution in [3.05, 3.63) is 163 Å². The number of benzene rings is 4. The van der Waals surface area contributed by atoms with Gasteiger partial charge in [0.1, 0.15) is 0 Å². The van der Waals surface area contributed by atoms with Crippen LogP contribution in [0.4, 0.5) is 0 Å². The average molecular weight is 935 g/mol. The normalized spacial score (nSPS) is 15.9. The Morgan fingerprint density at radius 1 is 0.500 bits per heavy atom. The zero-order chi connectivity index (χ0) is 41.4. The third kappa shape index (κ3) is 7.71. The maximum absolute atomic E-state index is 6.69. The molecule has 2 aliphatic carbocycles. The van der Waals surface area contributed by atoms with Gasteiger partial charge in [0, 0.05) is 0 Å². The summed E-state index contributed by atoms with van der Waals surface area (Å²) in [6.45, 7) is 25.0. The van der Waals surface area contributed by atoms with E-state index in [2.05, 4.69) is 170 Å². The van der Waals surface area contributed by atoms with Gasteiger partial charge >= 0.3 is 353 Å². The maximum Gasteiger partial charge on any atom is -0.147 e. The van der Waals surface area contributed by atoms with Gasteiger partial charge in [-0.1, -0.05) is 0 Å². The monoisotopic (exact) mass is 932 g/mol. The van der Waals surface area contributed by atoms with Crippen molar-refractivity contribution < 1.29 is 26.2 Å². The zero-order valence-electron chi connectivity index (χ0n) is 37.9. The molecule has 0 spiro atoms. The second-order valence-electron chi connectivity index (χ2n) is 18.7. The molecule has 2 heterocycles. The average Bonchev–Trinajstić information content (AvgIpc) is 4.00. The Hall–Kier alpha value is -3.40. The van der Waals surface area contributed by atoms with Crippen molar-refractivity contribution in [2.45, 2.75) is 111 Å². The molecule has 4 aromatic carbocycles. The molecule has 2 aromatic heterocycles. The predicted molar refractivity (Wildman–Crippen MR) is 263 cm³/mol. The topological polar surface area (TPSA) is 26.3 Å². The van der Waals surface area contributed by atoms with E-state index in [9.17, 15) is 0 Å². The number of allylic oxidation sites excluding steroid dienone is 2. The van der Waals surface area contributed by atoms with Gasteiger partial charge in [-0.3, -0.25) is 0 Å². The van der Waals surface area contributed by atoms with Crippen molar-refractivity contribution in [2.75, 3.05) is 0 Å². The second kappa shape index (κ2) is 17.0. The molecule has 0 amide bonds. The van der Waals surface area contributed by atoms with Gasteiger partial charge in [-0.15, -0.1) is 24.8 Å². The largest absolute Gasteiger partial charge is 0.147 e. The maximum atomic E-state index is 6.69. The molecule has 0 aliphatic heterocycles. The minimum Gasteiger partial charge on any atom is -0.147 e. The van der Waals surface area contributed by atoms with Gasteiger partial charge in [-0.05, 0) is 0 Å². The molecule has 0 N–H and O–H groups in total. The van der Waals surface area contributed by atoms with Crippen molar-refractivity contribution in [1.29, 1.82) is 0 Å². The Morgan fingerprint density at radius 2 is 0.833 bits per heavy atom. The quantitative estimate of drug-likeness (QED) is 0.128. The van der Waals surface area contributed by atoms with Crippen LogP contribution in [-0.4, -0.2) is 6.88 Å². The van der Waals surface area contributed by atoms with Crippen LogP contribution in [0.3, 0.4) is 0 Å². The first-order valence-electron chi connectivity index (χ1n) is 21.7. The van der Waals surface area contributed by atoms with Crippen LogP contribution in [0.25, 0.3) is 45.6 Å². The van der Waals surface area contributed by atoms with Crippen molar-refractivity contribution in [3.63, 3.8) is 0 Å². The minimum atomic E-state index is -4.28. The fourth-order valence-electron chi connectivity index (χ4n) is 10.7. The Balaban J connectivity index is 0.00000302. The van der Waals surface area contributed by atoms with E-state index < -0.39 is 17.4 Å². The molecule has 60 heavy (non-hydrogen) atoms. The Morgan fingerprint density at radius 3 is 1.12 bits per heavy atom. The van der Waals surface area contributed by atoms with E-state index in [0.29, 0.717) is 0 Å². The summed E-state index contributed by atoms with van der Waals surface area (Å²) >= 11 is -4.28. The first-order valence-corrected chi connectivity index (χ1v) is 35.4. The first kappa shape index (κ1) is 46.1. The van der Waals surface area contributed by atoms with Crippen molar-refractivity contribution in [1.82, 2.24) is 0 Å². The number of fused-ring (bicyclic) bond motifs is 2. The molecule has 6 heteroatoms. The van der Waals surface area contributed by atoms with Gasteiger partial charge in [0.2, 0.25) is 0 Å². The molecule has 8 rings (SSSR count). The van der Waals surface area contributed by atoms with Gasteiger partial charge in [-0.25, -0.2) is 0 Å². The predicted octanol–water partition coefficient (Wildman–Crippen LogP) is 15.4. The number of hydrogen-bond acceptors (Lipinski definition) is 2. The molecule has 6 aromatic rings. The summed E-state index contributed by atoms with van der Waals surface area (Å²) in [7, 11) is 0. The molecule has 2 unspecified atom stereocenters. The summed E-state index contributed by atoms with van der Waals surface area (Å²) in [6.07, 6.45) is 9.18. The fraction of sp³-hybridized carbons (Fsp3) is 0.333. The van der Waals surface area contributed by atoms with Gasteiger partial charge in [0.25, 0.3) is 0 Å². The van der Waals surface area contributed by atoms with E-state index in [-0.39, 0.29) is 32.1 Å². The Labute approximate surface area is 374 Å². The van der Waals surface area contributed by atoms with Gasteiger partial charge in [0.05, 0.1) is 0 Å². The van der Waals surface area contributed by atoms with E-state index in [4.69, 9.17) is 8.83 Å². The SMILES string of the molecule is CCc1cc(CC)cc(-c2c(C)c(C)cc3c2C=C(c2ccc(C)o2)[CH]3[Zr]([CH3])([CH3])(=[SiH2])[CH]2C(c3ccc(C)o3)=Cc3c2cc(C)c(C)c3-c2cc(CC)cc(CC)c2)c1.Cl.Cl. The van der Waals surface area contributed by atoms with Gasteiger partial charge in [-0.2, -0.15) is 0 Å². The summed E-state index contributed by atoms with van der Waals surface area (Å²) in [5, 5.41) is 0. The summed E-state index contributed by atoms with van der Waals surface area (Å²) in [4.78, 5) is 0. The fourth-order valence-corrected chi connectivity index (χ4v) is 29.1. The molecule has 0 fully saturated rings. The number of aryl methyl sites for hydroxylation is 8. The van der Waals surface area contributed by atoms with Crippen molar-refractivity contribution in [3.8, 4) is 22.3 Å². The molecule has 0 saturated carbocycles. The van der Waals surface area contributed by atoms with Crippen LogP contribution >= 0.6 is 24.8 Å². The molecule has 2 aliphatic rings. The zero-order valence-corrected chi connectivity index (χ0v) is 43.4. The second-order valence-corrected chi connectivity index (χ2v) is 49.2. The number of rotatable bonds is 10. The smallest absolute Gasteiger partial charge is 0.147 e. The van der Waals surface area contributed by atoms with Crippen LogP contribution in [0.15, 0.2) is 81.6 Å². The van der Waals surface area contributed by atoms with Crippen molar-refractivity contribution >= 4 is 55.0 Å². The standard InChI is InChI=1S/2C26H27O.2CH3.2ClH.H2Si.Zr/c2*1-6-19-11-20(7-2)13-23(12-19)26-18(5)16(3)10-21-14-22(15-24(21)26)25-9-8-17(4)27-25;;;;;;/h2*8-15H,6-7H2,1-5H3;2*1H3;2*1H;1H2;. The van der Waals surface area contributed by atoms with Gasteiger partial charge < -0.3 is 0 Å². The molecular weight excluding hydrogens is 871 g/mol. The molecule has 2 nitrogen and oxygen atoms in total. The van der Waals surface area contributed by atoms with Crippen molar-refractivity contribution in [2.24, 2.45) is 0 Å². The van der Waals surface area contributed by atoms with E-state index in [0.717, 1.165) is 48.7 Å². The Kier molecular flexibility index (Phi) is 13.1. The summed E-state index contributed by atoms with van der Waals surface area (Å²) in [6, 6.07) is 28.5. The summed E-state index contributed by atoms with van der Waals surface area (Å²) in [5.74, 6) is 3.93. The minimum absolute atomic E-state index is 0. The van der Waals surface area contributed by atoms with E-state index in [1.807, 2.05) is 0 Å². The Bertz CT molecular complexity index is 2560. The number of halogens is 2. The molecule has 314 valence electrons. The number of hydrogen-bond donors (Lipinski definition) is 0. The van der Waals surface area contributed by atoms with Crippen LogP contribution in [0.5, 0.6) is 0 Å². The van der Waals surface area contributed by atoms with Crippen LogP contribution < -0.4 is 0 Å². The third-order valence-corrected chi connectivity index (χ3v) is 31.2. The van der Waals surface area contributed by atoms with Crippen LogP contribution in [-0.2, 0) is 43.1 Å².